The summed E-state index contributed by atoms with van der Waals surface area (Å²) in [5.41, 5.74) is -0.899. The first-order valence-corrected chi connectivity index (χ1v) is 12.0. The zero-order chi connectivity index (χ0) is 26.5. The molecule has 1 aliphatic carbocycles. The number of aliphatic hydroxyl groups is 1. The molecule has 7 nitrogen and oxygen atoms in total. The molecule has 3 atom stereocenters. The van der Waals surface area contributed by atoms with Gasteiger partial charge in [0.15, 0.2) is 0 Å². The van der Waals surface area contributed by atoms with Gasteiger partial charge in [0.2, 0.25) is 0 Å². The van der Waals surface area contributed by atoms with Crippen LogP contribution in [0.4, 0.5) is 18.0 Å². The van der Waals surface area contributed by atoms with Crippen molar-refractivity contribution in [3.05, 3.63) is 41.1 Å². The van der Waals surface area contributed by atoms with Crippen LogP contribution in [-0.4, -0.2) is 52.1 Å². The minimum atomic E-state index is -4.49. The number of aromatic nitrogens is 2. The number of aryl methyl sites for hydroxylation is 1. The predicted molar refractivity (Wildman–Crippen MR) is 126 cm³/mol. The Morgan fingerprint density at radius 2 is 1.89 bits per heavy atom. The van der Waals surface area contributed by atoms with E-state index >= 15 is 0 Å². The van der Waals surface area contributed by atoms with E-state index in [9.17, 15) is 23.1 Å². The molecular weight excluding hydrogens is 475 g/mol. The van der Waals surface area contributed by atoms with Crippen LogP contribution in [0.1, 0.15) is 56.9 Å². The first-order valence-electron chi connectivity index (χ1n) is 12.0. The molecule has 1 N–H and O–H groups in total. The molecule has 1 aromatic heterocycles. The Hall–Kier alpha value is -2.88. The van der Waals surface area contributed by atoms with Crippen molar-refractivity contribution in [2.45, 2.75) is 64.3 Å². The number of benzene rings is 1. The van der Waals surface area contributed by atoms with Crippen LogP contribution in [0, 0.1) is 18.8 Å². The zero-order valence-electron chi connectivity index (χ0n) is 21.1. The van der Waals surface area contributed by atoms with Gasteiger partial charge in [-0.25, -0.2) is 4.79 Å². The van der Waals surface area contributed by atoms with Crippen molar-refractivity contribution in [3.63, 3.8) is 0 Å². The third kappa shape index (κ3) is 5.00. The van der Waals surface area contributed by atoms with Gasteiger partial charge in [0, 0.05) is 24.6 Å². The molecule has 1 aliphatic heterocycles. The second-order valence-corrected chi connectivity index (χ2v) is 10.7. The highest BCUT2D eigenvalue weighted by atomic mass is 19.4. The lowest BCUT2D eigenvalue weighted by molar-refractivity contribution is -0.137. The number of likely N-dealkylation sites (tertiary alicyclic amines) is 1. The van der Waals surface area contributed by atoms with Gasteiger partial charge >= 0.3 is 12.3 Å². The van der Waals surface area contributed by atoms with Gasteiger partial charge in [0.05, 0.1) is 24.1 Å². The summed E-state index contributed by atoms with van der Waals surface area (Å²) in [6.45, 7) is 8.14. The summed E-state index contributed by atoms with van der Waals surface area (Å²) in [7, 11) is 1.30. The largest absolute Gasteiger partial charge is 0.496 e. The van der Waals surface area contributed by atoms with Crippen molar-refractivity contribution < 1.29 is 32.5 Å². The van der Waals surface area contributed by atoms with Crippen molar-refractivity contribution in [2.75, 3.05) is 20.2 Å². The van der Waals surface area contributed by atoms with E-state index in [1.54, 1.807) is 17.9 Å². The van der Waals surface area contributed by atoms with Crippen LogP contribution in [0.3, 0.4) is 0 Å². The average molecular weight is 508 g/mol. The van der Waals surface area contributed by atoms with E-state index in [0.717, 1.165) is 25.0 Å². The maximum atomic E-state index is 13.1. The van der Waals surface area contributed by atoms with Gasteiger partial charge in [-0.2, -0.15) is 18.3 Å². The maximum Gasteiger partial charge on any atom is 0.416 e. The highest BCUT2D eigenvalue weighted by Crippen LogP contribution is 2.50. The van der Waals surface area contributed by atoms with Gasteiger partial charge in [0.25, 0.3) is 0 Å². The minimum absolute atomic E-state index is 0.0369. The monoisotopic (exact) mass is 507 g/mol. The van der Waals surface area contributed by atoms with Crippen molar-refractivity contribution in [3.8, 4) is 17.0 Å². The number of alkyl halides is 3. The Labute approximate surface area is 208 Å². The lowest BCUT2D eigenvalue weighted by Gasteiger charge is -2.40. The molecule has 196 valence electrons. The maximum absolute atomic E-state index is 13.1. The average Bonchev–Trinajstić information content (AvgIpc) is 3.14. The number of halogens is 3. The van der Waals surface area contributed by atoms with E-state index in [1.807, 2.05) is 20.8 Å². The number of rotatable bonds is 3. The molecule has 10 heteroatoms. The van der Waals surface area contributed by atoms with Crippen LogP contribution in [0.25, 0.3) is 11.3 Å². The molecule has 36 heavy (non-hydrogen) atoms. The molecule has 0 radical (unpaired) electrons. The van der Waals surface area contributed by atoms with Crippen LogP contribution in [-0.2, 0) is 16.5 Å². The van der Waals surface area contributed by atoms with Crippen LogP contribution in [0.15, 0.2) is 24.3 Å². The molecule has 3 unspecified atom stereocenters. The normalized spacial score (nSPS) is 24.4. The van der Waals surface area contributed by atoms with Gasteiger partial charge in [-0.3, -0.25) is 0 Å². The van der Waals surface area contributed by atoms with E-state index in [4.69, 9.17) is 9.47 Å². The summed E-state index contributed by atoms with van der Waals surface area (Å²) < 4.78 is 50.2. The van der Waals surface area contributed by atoms with Gasteiger partial charge < -0.3 is 19.5 Å². The van der Waals surface area contributed by atoms with Crippen LogP contribution in [0.5, 0.6) is 5.75 Å². The number of hydrogen-bond donors (Lipinski definition) is 1. The molecule has 2 aliphatic rings. The summed E-state index contributed by atoms with van der Waals surface area (Å²) in [6, 6.07) is 4.97. The Morgan fingerprint density at radius 3 is 2.50 bits per heavy atom. The Kier molecular flexibility index (Phi) is 6.70. The number of carbonyl (C=O) groups excluding carboxylic acids is 1. The zero-order valence-corrected chi connectivity index (χ0v) is 21.1. The standard InChI is InChI=1S/C26H32F3N3O4/c1-15-12-21(30-31-22(15)18-7-6-17(26(27,28)29)13-20(18)35-5)25(34)10-8-16-9-11-32(14-19(16)25)23(33)36-24(2,3)4/h6-7,12-13,16,19,34H,8-11,14H2,1-5H3. The number of hydrogen-bond acceptors (Lipinski definition) is 6. The fourth-order valence-electron chi connectivity index (χ4n) is 5.31. The Balaban J connectivity index is 1.62. The second-order valence-electron chi connectivity index (χ2n) is 10.7. The lowest BCUT2D eigenvalue weighted by Crippen LogP contribution is -2.49. The van der Waals surface area contributed by atoms with Crippen LogP contribution in [0.2, 0.25) is 0 Å². The molecule has 2 aromatic rings. The van der Waals surface area contributed by atoms with Gasteiger partial charge in [-0.1, -0.05) is 0 Å². The molecule has 0 bridgehead atoms. The van der Waals surface area contributed by atoms with Crippen molar-refractivity contribution in [2.24, 2.45) is 11.8 Å². The number of piperidine rings is 1. The van der Waals surface area contributed by atoms with Crippen LogP contribution < -0.4 is 4.74 Å². The predicted octanol–water partition coefficient (Wildman–Crippen LogP) is 5.33. The van der Waals surface area contributed by atoms with Gasteiger partial charge in [-0.15, -0.1) is 5.10 Å². The summed E-state index contributed by atoms with van der Waals surface area (Å²) in [4.78, 5) is 14.3. The third-order valence-corrected chi connectivity index (χ3v) is 7.13. The molecule has 1 amide bonds. The van der Waals surface area contributed by atoms with Crippen molar-refractivity contribution in [1.29, 1.82) is 0 Å². The fourth-order valence-corrected chi connectivity index (χ4v) is 5.31. The highest BCUT2D eigenvalue weighted by molar-refractivity contribution is 5.70. The topological polar surface area (TPSA) is 84.8 Å². The molecule has 2 heterocycles. The summed E-state index contributed by atoms with van der Waals surface area (Å²) >= 11 is 0. The molecule has 1 saturated carbocycles. The Bertz CT molecular complexity index is 1150. The minimum Gasteiger partial charge on any atom is -0.496 e. The lowest BCUT2D eigenvalue weighted by atomic mass is 9.79. The van der Waals surface area contributed by atoms with E-state index in [-0.39, 0.29) is 17.6 Å². The number of ether oxygens (including phenoxy) is 2. The molecule has 0 spiro atoms. The van der Waals surface area contributed by atoms with E-state index in [2.05, 4.69) is 10.2 Å². The Morgan fingerprint density at radius 1 is 1.17 bits per heavy atom. The van der Waals surface area contributed by atoms with Gasteiger partial charge in [0.1, 0.15) is 17.0 Å². The highest BCUT2D eigenvalue weighted by Gasteiger charge is 2.52. The fraction of sp³-hybridized carbons (Fsp3) is 0.577. The molecular formula is C26H32F3N3O4. The summed E-state index contributed by atoms with van der Waals surface area (Å²) in [5.74, 6) is 0.0549. The van der Waals surface area contributed by atoms with Gasteiger partial charge in [-0.05, 0) is 82.7 Å². The summed E-state index contributed by atoms with van der Waals surface area (Å²) in [6.07, 6.45) is -2.84. The molecule has 4 rings (SSSR count). The second kappa shape index (κ2) is 9.21. The summed E-state index contributed by atoms with van der Waals surface area (Å²) in [5, 5.41) is 20.4. The smallest absolute Gasteiger partial charge is 0.416 e. The number of fused-ring (bicyclic) bond motifs is 1. The SMILES string of the molecule is COc1cc(C(F)(F)F)ccc1-c1nnc(C2(O)CCC3CCN(C(=O)OC(C)(C)C)CC32)cc1C. The third-order valence-electron chi connectivity index (χ3n) is 7.13. The van der Waals surface area contributed by atoms with E-state index in [1.165, 1.54) is 13.2 Å². The number of methoxy groups -OCH3 is 1. The molecule has 1 saturated heterocycles. The number of amides is 1. The number of carbonyl (C=O) groups is 1. The molecule has 2 fully saturated rings. The van der Waals surface area contributed by atoms with Crippen LogP contribution >= 0.6 is 0 Å². The van der Waals surface area contributed by atoms with E-state index < -0.39 is 29.0 Å². The molecule has 1 aromatic carbocycles. The van der Waals surface area contributed by atoms with Crippen molar-refractivity contribution >= 4 is 6.09 Å². The van der Waals surface area contributed by atoms with Crippen molar-refractivity contribution in [1.82, 2.24) is 15.1 Å². The first-order chi connectivity index (χ1) is 16.7. The first kappa shape index (κ1) is 26.2. The number of nitrogens with zero attached hydrogens (tertiary/aromatic N) is 3. The quantitative estimate of drug-likeness (QED) is 0.604. The van der Waals surface area contributed by atoms with E-state index in [0.29, 0.717) is 42.0 Å².